The molecule has 21 heavy (non-hydrogen) atoms. The molecule has 0 aromatic heterocycles. The number of anilines is 1. The zero-order valence-electron chi connectivity index (χ0n) is 10.6. The van der Waals surface area contributed by atoms with E-state index in [9.17, 15) is 5.11 Å². The van der Waals surface area contributed by atoms with Crippen molar-refractivity contribution in [1.82, 2.24) is 4.72 Å². The number of nitriles is 1. The summed E-state index contributed by atoms with van der Waals surface area (Å²) in [5, 5.41) is 22.4. The van der Waals surface area contributed by atoms with E-state index >= 15 is 0 Å². The number of halogens is 1. The lowest BCUT2D eigenvalue weighted by Crippen LogP contribution is -2.27. The summed E-state index contributed by atoms with van der Waals surface area (Å²) in [6.07, 6.45) is 0. The number of benzene rings is 2. The highest BCUT2D eigenvalue weighted by molar-refractivity contribution is 7.98. The lowest BCUT2D eigenvalue weighted by Gasteiger charge is -2.19. The second kappa shape index (κ2) is 5.56. The van der Waals surface area contributed by atoms with E-state index in [1.165, 1.54) is 18.0 Å². The summed E-state index contributed by atoms with van der Waals surface area (Å²) < 4.78 is 2.99. The van der Waals surface area contributed by atoms with Crippen LogP contribution in [0.4, 0.5) is 11.4 Å². The third kappa shape index (κ3) is 2.61. The van der Waals surface area contributed by atoms with Gasteiger partial charge in [0.1, 0.15) is 17.5 Å². The average molecular weight is 317 g/mol. The zero-order chi connectivity index (χ0) is 14.8. The maximum absolute atomic E-state index is 9.97. The van der Waals surface area contributed by atoms with E-state index < -0.39 is 0 Å². The van der Waals surface area contributed by atoms with Crippen LogP contribution in [0.5, 0.6) is 5.75 Å². The Kier molecular flexibility index (Phi) is 3.60. The molecule has 7 heteroatoms. The summed E-state index contributed by atoms with van der Waals surface area (Å²) in [5.41, 5.74) is 1.49. The summed E-state index contributed by atoms with van der Waals surface area (Å²) in [4.78, 5) is 4.82. The van der Waals surface area contributed by atoms with Crippen LogP contribution in [0.2, 0.25) is 5.02 Å². The summed E-state index contributed by atoms with van der Waals surface area (Å²) in [7, 11) is 0. The van der Waals surface area contributed by atoms with Crippen molar-refractivity contribution in [3.8, 4) is 11.8 Å². The Bertz CT molecular complexity index is 771. The number of nitrogens with one attached hydrogen (secondary N) is 2. The summed E-state index contributed by atoms with van der Waals surface area (Å²) in [5.74, 6) is 0.413. The van der Waals surface area contributed by atoms with Crippen LogP contribution >= 0.6 is 23.5 Å². The number of para-hydroxylation sites is 1. The van der Waals surface area contributed by atoms with Crippen molar-refractivity contribution in [2.45, 2.75) is 4.90 Å². The number of nitrogens with zero attached hydrogens (tertiary/aromatic N) is 2. The molecule has 2 aromatic carbocycles. The van der Waals surface area contributed by atoms with Crippen LogP contribution in [0.25, 0.3) is 0 Å². The van der Waals surface area contributed by atoms with Gasteiger partial charge in [0.2, 0.25) is 5.96 Å². The number of rotatable bonds is 1. The highest BCUT2D eigenvalue weighted by atomic mass is 35.5. The topological polar surface area (TPSA) is 80.4 Å². The molecule has 3 rings (SSSR count). The van der Waals surface area contributed by atoms with Gasteiger partial charge in [0.15, 0.2) is 0 Å². The Labute approximate surface area is 130 Å². The Balaban J connectivity index is 2.00. The van der Waals surface area contributed by atoms with E-state index in [1.807, 2.05) is 36.4 Å². The van der Waals surface area contributed by atoms with Gasteiger partial charge >= 0.3 is 0 Å². The van der Waals surface area contributed by atoms with Gasteiger partial charge in [0.05, 0.1) is 15.5 Å². The first-order valence-electron chi connectivity index (χ1n) is 5.98. The molecule has 5 nitrogen and oxygen atoms in total. The Morgan fingerprint density at radius 2 is 2.10 bits per heavy atom. The first-order chi connectivity index (χ1) is 10.2. The summed E-state index contributed by atoms with van der Waals surface area (Å²) in [6, 6.07) is 12.9. The lowest BCUT2D eigenvalue weighted by atomic mass is 10.2. The number of phenolic OH excluding ortho intramolecular Hbond substituents is 1. The molecule has 0 saturated carbocycles. The summed E-state index contributed by atoms with van der Waals surface area (Å²) in [6.45, 7) is 0. The average Bonchev–Trinajstić information content (AvgIpc) is 2.49. The monoisotopic (exact) mass is 316 g/mol. The minimum absolute atomic E-state index is 0.0599. The van der Waals surface area contributed by atoms with Crippen LogP contribution in [-0.4, -0.2) is 11.1 Å². The molecule has 1 aliphatic rings. The highest BCUT2D eigenvalue weighted by Crippen LogP contribution is 2.44. The molecule has 0 fully saturated rings. The van der Waals surface area contributed by atoms with Crippen LogP contribution < -0.4 is 10.0 Å². The first kappa shape index (κ1) is 13.6. The molecule has 0 atom stereocenters. The minimum atomic E-state index is -0.0599. The van der Waals surface area contributed by atoms with E-state index in [0.717, 1.165) is 5.69 Å². The van der Waals surface area contributed by atoms with Gasteiger partial charge in [-0.05, 0) is 24.1 Å². The molecule has 0 saturated heterocycles. The smallest absolute Gasteiger partial charge is 0.211 e. The van der Waals surface area contributed by atoms with Crippen molar-refractivity contribution < 1.29 is 5.11 Å². The molecule has 1 aliphatic heterocycles. The number of phenols is 1. The quantitative estimate of drug-likeness (QED) is 0.700. The van der Waals surface area contributed by atoms with Gasteiger partial charge in [0.25, 0.3) is 0 Å². The van der Waals surface area contributed by atoms with Gasteiger partial charge in [-0.3, -0.25) is 4.72 Å². The van der Waals surface area contributed by atoms with Crippen LogP contribution in [-0.2, 0) is 0 Å². The Morgan fingerprint density at radius 1 is 1.33 bits per heavy atom. The Morgan fingerprint density at radius 3 is 2.81 bits per heavy atom. The largest absolute Gasteiger partial charge is 0.506 e. The van der Waals surface area contributed by atoms with Crippen LogP contribution in [0.3, 0.4) is 0 Å². The van der Waals surface area contributed by atoms with Crippen LogP contribution in [0.1, 0.15) is 5.56 Å². The number of hydrogen-bond acceptors (Lipinski definition) is 6. The predicted molar refractivity (Wildman–Crippen MR) is 84.0 cm³/mol. The van der Waals surface area contributed by atoms with E-state index in [2.05, 4.69) is 15.0 Å². The SMILES string of the molecule is N#Cc1c(Cl)cc(O)c2c1SNC(Nc1ccccc1)=N2. The number of aliphatic imine (C=N–C) groups is 1. The van der Waals surface area contributed by atoms with Crippen molar-refractivity contribution in [3.63, 3.8) is 0 Å². The molecule has 2 aromatic rings. The molecule has 1 heterocycles. The number of hydrogen-bond donors (Lipinski definition) is 3. The van der Waals surface area contributed by atoms with Crippen molar-refractivity contribution >= 4 is 40.9 Å². The molecule has 0 unspecified atom stereocenters. The third-order valence-electron chi connectivity index (χ3n) is 2.81. The second-order valence-electron chi connectivity index (χ2n) is 4.20. The van der Waals surface area contributed by atoms with Gasteiger partial charge in [-0.2, -0.15) is 5.26 Å². The minimum Gasteiger partial charge on any atom is -0.506 e. The molecule has 3 N–H and O–H groups in total. The van der Waals surface area contributed by atoms with E-state index in [1.54, 1.807) is 0 Å². The van der Waals surface area contributed by atoms with Crippen LogP contribution in [0, 0.1) is 11.3 Å². The van der Waals surface area contributed by atoms with E-state index in [-0.39, 0.29) is 10.8 Å². The maximum atomic E-state index is 9.97. The summed E-state index contributed by atoms with van der Waals surface area (Å²) >= 11 is 7.13. The third-order valence-corrected chi connectivity index (χ3v) is 4.00. The number of fused-ring (bicyclic) bond motifs is 1. The molecular formula is C14H9ClN4OS. The normalized spacial score (nSPS) is 12.7. The van der Waals surface area contributed by atoms with Gasteiger partial charge in [-0.25, -0.2) is 4.99 Å². The van der Waals surface area contributed by atoms with Crippen molar-refractivity contribution in [2.75, 3.05) is 5.32 Å². The van der Waals surface area contributed by atoms with Gasteiger partial charge in [-0.15, -0.1) is 0 Å². The highest BCUT2D eigenvalue weighted by Gasteiger charge is 2.22. The molecule has 0 aliphatic carbocycles. The number of aromatic hydroxyl groups is 1. The fraction of sp³-hybridized carbons (Fsp3) is 0. The molecule has 0 bridgehead atoms. The van der Waals surface area contributed by atoms with Crippen LogP contribution in [0.15, 0.2) is 46.3 Å². The fourth-order valence-corrected chi connectivity index (χ4v) is 2.96. The second-order valence-corrected chi connectivity index (χ2v) is 5.42. The molecular weight excluding hydrogens is 308 g/mol. The maximum Gasteiger partial charge on any atom is 0.211 e. The molecule has 0 amide bonds. The fourth-order valence-electron chi connectivity index (χ4n) is 1.86. The Hall–Kier alpha value is -2.36. The standard InChI is InChI=1S/C14H9ClN4OS/c15-10-6-11(20)12-13(9(10)7-16)21-19-14(18-12)17-8-4-2-1-3-5-8/h1-6,20H,(H2,17,18,19). The first-order valence-corrected chi connectivity index (χ1v) is 7.17. The number of guanidine groups is 1. The zero-order valence-corrected chi connectivity index (χ0v) is 12.2. The van der Waals surface area contributed by atoms with Crippen molar-refractivity contribution in [1.29, 1.82) is 5.26 Å². The predicted octanol–water partition coefficient (Wildman–Crippen LogP) is 3.63. The van der Waals surface area contributed by atoms with E-state index in [0.29, 0.717) is 22.1 Å². The lowest BCUT2D eigenvalue weighted by molar-refractivity contribution is 0.475. The van der Waals surface area contributed by atoms with Crippen molar-refractivity contribution in [2.24, 2.45) is 4.99 Å². The molecule has 0 radical (unpaired) electrons. The van der Waals surface area contributed by atoms with Gasteiger partial charge in [0, 0.05) is 11.8 Å². The van der Waals surface area contributed by atoms with Crippen molar-refractivity contribution in [3.05, 3.63) is 47.0 Å². The molecule has 0 spiro atoms. The van der Waals surface area contributed by atoms with Gasteiger partial charge < -0.3 is 10.4 Å². The van der Waals surface area contributed by atoms with E-state index in [4.69, 9.17) is 16.9 Å². The molecule has 104 valence electrons. The van der Waals surface area contributed by atoms with Gasteiger partial charge in [-0.1, -0.05) is 29.8 Å².